The summed E-state index contributed by atoms with van der Waals surface area (Å²) in [6, 6.07) is 0. The monoisotopic (exact) mass is 863 g/mol. The van der Waals surface area contributed by atoms with E-state index >= 15 is 0 Å². The van der Waals surface area contributed by atoms with Gasteiger partial charge in [-0.15, -0.1) is 0 Å². The molecule has 5 heteroatoms. The number of esters is 2. The molecule has 0 N–H and O–H groups in total. The first-order valence-corrected chi connectivity index (χ1v) is 26.1. The second kappa shape index (κ2) is 52.4. The molecule has 5 nitrogen and oxygen atoms in total. The van der Waals surface area contributed by atoms with Gasteiger partial charge in [0.1, 0.15) is 6.61 Å². The molecular weight excluding hydrogens is 765 g/mol. The van der Waals surface area contributed by atoms with Gasteiger partial charge < -0.3 is 14.2 Å². The quantitative estimate of drug-likeness (QED) is 0.0346. The zero-order valence-electron chi connectivity index (χ0n) is 40.9. The van der Waals surface area contributed by atoms with Gasteiger partial charge in [0.2, 0.25) is 0 Å². The molecule has 0 amide bonds. The van der Waals surface area contributed by atoms with E-state index in [4.69, 9.17) is 14.2 Å². The first-order valence-electron chi connectivity index (χ1n) is 26.1. The number of rotatable bonds is 47. The van der Waals surface area contributed by atoms with Crippen molar-refractivity contribution in [1.82, 2.24) is 0 Å². The second-order valence-corrected chi connectivity index (χ2v) is 17.0. The van der Waals surface area contributed by atoms with Crippen LogP contribution in [0.2, 0.25) is 0 Å². The first-order chi connectivity index (χ1) is 30.6. The van der Waals surface area contributed by atoms with Crippen molar-refractivity contribution in [3.63, 3.8) is 0 Å². The zero-order valence-corrected chi connectivity index (χ0v) is 40.9. The van der Waals surface area contributed by atoms with Crippen LogP contribution < -0.4 is 0 Å². The molecule has 356 valence electrons. The minimum atomic E-state index is -0.571. The molecule has 1 atom stereocenters. The number of allylic oxidation sites excluding steroid dienone is 14. The number of unbranched alkanes of at least 4 members (excludes halogenated alkanes) is 22. The third-order valence-corrected chi connectivity index (χ3v) is 10.9. The van der Waals surface area contributed by atoms with Crippen molar-refractivity contribution in [3.8, 4) is 0 Å². The average Bonchev–Trinajstić information content (AvgIpc) is 3.27. The molecule has 0 saturated heterocycles. The Morgan fingerprint density at radius 1 is 0.371 bits per heavy atom. The number of carbonyl (C=O) groups is 2. The molecule has 0 radical (unpaired) electrons. The van der Waals surface area contributed by atoms with Gasteiger partial charge in [0.15, 0.2) is 6.10 Å². The number of hydrogen-bond donors (Lipinski definition) is 0. The van der Waals surface area contributed by atoms with E-state index in [1.165, 1.54) is 116 Å². The van der Waals surface area contributed by atoms with Crippen LogP contribution in [0.3, 0.4) is 0 Å². The van der Waals surface area contributed by atoms with E-state index in [9.17, 15) is 9.59 Å². The Morgan fingerprint density at radius 3 is 1.19 bits per heavy atom. The van der Waals surface area contributed by atoms with Crippen LogP contribution in [0.25, 0.3) is 0 Å². The largest absolute Gasteiger partial charge is 0.462 e. The van der Waals surface area contributed by atoms with Crippen LogP contribution in [0.15, 0.2) is 85.1 Å². The van der Waals surface area contributed by atoms with Gasteiger partial charge in [0.05, 0.1) is 6.61 Å². The van der Waals surface area contributed by atoms with Crippen molar-refractivity contribution in [3.05, 3.63) is 85.1 Å². The molecule has 0 saturated carbocycles. The number of carbonyl (C=O) groups excluding carboxylic acids is 2. The van der Waals surface area contributed by atoms with Gasteiger partial charge in [0.25, 0.3) is 0 Å². The number of ether oxygens (including phenoxy) is 3. The molecule has 0 bridgehead atoms. The van der Waals surface area contributed by atoms with E-state index in [2.05, 4.69) is 106 Å². The standard InChI is InChI=1S/C57H98O5/c1-4-7-10-13-16-19-22-25-27-28-29-30-31-33-35-38-41-44-47-50-56(58)61-54-55(53-60-52-49-46-43-40-37-34-26-23-20-17-14-11-8-5-2)62-57(59)51-48-45-42-39-36-32-24-21-18-15-12-9-6-3/h8,11,16-17,19-20,25-27,29-30,34,40,43,55H,4-7,9-10,12-15,18,21-24,28,31-33,35-39,41-42,44-54H2,1-3H3/b11-8-,19-16-,20-17-,27-25-,30-29-,34-26-,43-40-. The van der Waals surface area contributed by atoms with Gasteiger partial charge in [-0.05, 0) is 89.9 Å². The molecule has 0 aromatic heterocycles. The molecule has 0 fully saturated rings. The molecule has 0 aliphatic carbocycles. The summed E-state index contributed by atoms with van der Waals surface area (Å²) in [5.41, 5.74) is 0. The lowest BCUT2D eigenvalue weighted by Gasteiger charge is -2.18. The maximum Gasteiger partial charge on any atom is 0.306 e. The average molecular weight is 863 g/mol. The minimum Gasteiger partial charge on any atom is -0.462 e. The fraction of sp³-hybridized carbons (Fsp3) is 0.719. The Hall–Kier alpha value is -2.92. The van der Waals surface area contributed by atoms with Crippen molar-refractivity contribution in [2.24, 2.45) is 0 Å². The van der Waals surface area contributed by atoms with Crippen LogP contribution in [0.5, 0.6) is 0 Å². The first kappa shape index (κ1) is 59.1. The highest BCUT2D eigenvalue weighted by Crippen LogP contribution is 2.14. The molecule has 0 heterocycles. The SMILES string of the molecule is CC/C=C\C/C=C\C/C=C\C/C=C\CCCOCC(COC(=O)CCCCCCCC/C=C\C/C=C\C/C=C\CCCCC)OC(=O)CCCCCCCCCCCCCCC. The summed E-state index contributed by atoms with van der Waals surface area (Å²) in [6.45, 7) is 7.55. The summed E-state index contributed by atoms with van der Waals surface area (Å²) in [4.78, 5) is 25.4. The van der Waals surface area contributed by atoms with E-state index in [1.807, 2.05) is 0 Å². The molecule has 62 heavy (non-hydrogen) atoms. The van der Waals surface area contributed by atoms with Crippen LogP contribution in [0.1, 0.15) is 239 Å². The van der Waals surface area contributed by atoms with E-state index in [0.717, 1.165) is 89.9 Å². The summed E-state index contributed by atoms with van der Waals surface area (Å²) in [7, 11) is 0. The minimum absolute atomic E-state index is 0.0551. The zero-order chi connectivity index (χ0) is 44.9. The van der Waals surface area contributed by atoms with Crippen LogP contribution in [-0.4, -0.2) is 37.9 Å². The fourth-order valence-electron chi connectivity index (χ4n) is 7.05. The van der Waals surface area contributed by atoms with E-state index in [1.54, 1.807) is 0 Å². The summed E-state index contributed by atoms with van der Waals surface area (Å²) < 4.78 is 17.3. The van der Waals surface area contributed by atoms with Gasteiger partial charge in [-0.25, -0.2) is 0 Å². The highest BCUT2D eigenvalue weighted by atomic mass is 16.6. The maximum atomic E-state index is 12.8. The topological polar surface area (TPSA) is 61.8 Å². The molecule has 0 aromatic rings. The van der Waals surface area contributed by atoms with Crippen LogP contribution in [0, 0.1) is 0 Å². The predicted octanol–water partition coefficient (Wildman–Crippen LogP) is 17.7. The molecule has 0 spiro atoms. The smallest absolute Gasteiger partial charge is 0.306 e. The molecular formula is C57H98O5. The Labute approximate surface area is 384 Å². The third kappa shape index (κ3) is 49.7. The van der Waals surface area contributed by atoms with Crippen molar-refractivity contribution in [1.29, 1.82) is 0 Å². The van der Waals surface area contributed by atoms with Gasteiger partial charge in [-0.2, -0.15) is 0 Å². The summed E-state index contributed by atoms with van der Waals surface area (Å²) in [6.07, 6.45) is 68.8. The molecule has 0 aliphatic heterocycles. The van der Waals surface area contributed by atoms with E-state index in [-0.39, 0.29) is 25.2 Å². The molecule has 0 rings (SSSR count). The Morgan fingerprint density at radius 2 is 0.726 bits per heavy atom. The van der Waals surface area contributed by atoms with Crippen LogP contribution >= 0.6 is 0 Å². The Balaban J connectivity index is 4.34. The van der Waals surface area contributed by atoms with Gasteiger partial charge in [-0.3, -0.25) is 9.59 Å². The van der Waals surface area contributed by atoms with Crippen LogP contribution in [0.4, 0.5) is 0 Å². The lowest BCUT2D eigenvalue weighted by Crippen LogP contribution is -2.30. The van der Waals surface area contributed by atoms with Crippen molar-refractivity contribution >= 4 is 11.9 Å². The summed E-state index contributed by atoms with van der Waals surface area (Å²) in [5.74, 6) is -0.439. The van der Waals surface area contributed by atoms with Crippen molar-refractivity contribution < 1.29 is 23.8 Å². The third-order valence-electron chi connectivity index (χ3n) is 10.9. The molecule has 1 unspecified atom stereocenters. The normalized spacial score (nSPS) is 12.9. The van der Waals surface area contributed by atoms with Gasteiger partial charge in [0, 0.05) is 19.4 Å². The molecule has 0 aromatic carbocycles. The Kier molecular flexibility index (Phi) is 50.0. The summed E-state index contributed by atoms with van der Waals surface area (Å²) >= 11 is 0. The summed E-state index contributed by atoms with van der Waals surface area (Å²) in [5, 5.41) is 0. The Bertz CT molecular complexity index is 1160. The van der Waals surface area contributed by atoms with Gasteiger partial charge in [-0.1, -0.05) is 221 Å². The van der Waals surface area contributed by atoms with E-state index < -0.39 is 6.10 Å². The van der Waals surface area contributed by atoms with Crippen molar-refractivity contribution in [2.75, 3.05) is 19.8 Å². The number of hydrogen-bond acceptors (Lipinski definition) is 5. The second-order valence-electron chi connectivity index (χ2n) is 17.0. The highest BCUT2D eigenvalue weighted by Gasteiger charge is 2.17. The maximum absolute atomic E-state index is 12.8. The van der Waals surface area contributed by atoms with Crippen molar-refractivity contribution in [2.45, 2.75) is 245 Å². The highest BCUT2D eigenvalue weighted by molar-refractivity contribution is 5.70. The van der Waals surface area contributed by atoms with Gasteiger partial charge >= 0.3 is 11.9 Å². The predicted molar refractivity (Wildman–Crippen MR) is 270 cm³/mol. The molecule has 0 aliphatic rings. The van der Waals surface area contributed by atoms with Crippen LogP contribution in [-0.2, 0) is 23.8 Å². The lowest BCUT2D eigenvalue weighted by atomic mass is 10.0. The van der Waals surface area contributed by atoms with E-state index in [0.29, 0.717) is 19.4 Å². The lowest BCUT2D eigenvalue weighted by molar-refractivity contribution is -0.163. The fourth-order valence-corrected chi connectivity index (χ4v) is 7.05.